The van der Waals surface area contributed by atoms with Gasteiger partial charge in [-0.25, -0.2) is 0 Å². The first-order valence-electron chi connectivity index (χ1n) is 11.1. The minimum absolute atomic E-state index is 0. The second-order valence-corrected chi connectivity index (χ2v) is 9.25. The first-order chi connectivity index (χ1) is 15.1. The van der Waals surface area contributed by atoms with E-state index in [2.05, 4.69) is 135 Å². The molecule has 0 saturated carbocycles. The predicted octanol–water partition coefficient (Wildman–Crippen LogP) is 9.85. The molecule has 188 valence electrons. The van der Waals surface area contributed by atoms with Gasteiger partial charge in [0, 0.05) is 0 Å². The molecule has 0 nitrogen and oxygen atoms in total. The molecule has 4 aromatic rings. The van der Waals surface area contributed by atoms with Gasteiger partial charge in [-0.2, -0.15) is 26.0 Å². The number of hydrogen-bond donors (Lipinski definition) is 0. The van der Waals surface area contributed by atoms with Gasteiger partial charge in [0.25, 0.3) is 0 Å². The van der Waals surface area contributed by atoms with Gasteiger partial charge in [-0.05, 0) is 10.8 Å². The third kappa shape index (κ3) is 11.9. The van der Waals surface area contributed by atoms with Crippen LogP contribution >= 0.6 is 24.8 Å². The summed E-state index contributed by atoms with van der Waals surface area (Å²) >= 11 is 1.36. The Labute approximate surface area is 239 Å². The minimum atomic E-state index is 0. The Hall–Kier alpha value is -0.660. The number of fused-ring (bicyclic) bond motifs is 2. The van der Waals surface area contributed by atoms with Gasteiger partial charge in [0.05, 0.1) is 0 Å². The Balaban J connectivity index is -0.000000442. The van der Waals surface area contributed by atoms with E-state index in [4.69, 9.17) is 0 Å². The van der Waals surface area contributed by atoms with Crippen molar-refractivity contribution in [2.75, 3.05) is 0 Å². The molecule has 0 N–H and O–H groups in total. The Morgan fingerprint density at radius 2 is 0.853 bits per heavy atom. The van der Waals surface area contributed by atoms with E-state index < -0.39 is 0 Å². The standard InChI is InChI=1S/2C13H15.2C2H5.2ClH.Si.Zr/c2*1-13(2,3)12-8-10-6-4-5-7-11(10)9-12;2*1-2;;;;/h2*4-9H,1-3H3;2*1H2,2H3;2*1H;;/q4*-1;;;;. The predicted molar refractivity (Wildman–Crippen MR) is 159 cm³/mol. The average Bonchev–Trinajstić information content (AvgIpc) is 3.43. The van der Waals surface area contributed by atoms with Crippen molar-refractivity contribution in [3.8, 4) is 0 Å². The first kappa shape index (κ1) is 37.9. The number of hydrogen-bond acceptors (Lipinski definition) is 0. The average molecular weight is 593 g/mol. The summed E-state index contributed by atoms with van der Waals surface area (Å²) < 4.78 is 0. The van der Waals surface area contributed by atoms with Crippen molar-refractivity contribution in [1.29, 1.82) is 0 Å². The van der Waals surface area contributed by atoms with Gasteiger partial charge in [-0.15, -0.1) is 106 Å². The van der Waals surface area contributed by atoms with E-state index in [1.807, 2.05) is 0 Å². The van der Waals surface area contributed by atoms with Crippen molar-refractivity contribution < 1.29 is 23.3 Å². The summed E-state index contributed by atoms with van der Waals surface area (Å²) in [6.07, 6.45) is 0. The van der Waals surface area contributed by atoms with E-state index in [0.29, 0.717) is 0 Å². The number of rotatable bonds is 0. The van der Waals surface area contributed by atoms with E-state index in [-0.39, 0.29) is 35.6 Å². The molecule has 0 aliphatic heterocycles. The van der Waals surface area contributed by atoms with Gasteiger partial charge < -0.3 is 13.8 Å². The Bertz CT molecular complexity index is 883. The molecule has 0 unspecified atom stereocenters. The van der Waals surface area contributed by atoms with Crippen LogP contribution in [0.3, 0.4) is 0 Å². The quantitative estimate of drug-likeness (QED) is 0.141. The topological polar surface area (TPSA) is 0 Å². The molecule has 4 heteroatoms. The molecule has 0 heterocycles. The fraction of sp³-hybridized carbons (Fsp3) is 0.333. The zero-order valence-corrected chi connectivity index (χ0v) is 27.2. The molecular formula is C30H42Cl2SiZr-4. The summed E-state index contributed by atoms with van der Waals surface area (Å²) in [7, 11) is 0. The molecule has 0 bridgehead atoms. The second kappa shape index (κ2) is 18.6. The third-order valence-electron chi connectivity index (χ3n) is 4.97. The van der Waals surface area contributed by atoms with Crippen LogP contribution in [0, 0.1) is 13.8 Å². The first-order valence-corrected chi connectivity index (χ1v) is 15.3. The molecule has 0 fully saturated rings. The van der Waals surface area contributed by atoms with Gasteiger partial charge in [-0.3, -0.25) is 0 Å². The van der Waals surface area contributed by atoms with Crippen LogP contribution in [0.15, 0.2) is 72.8 Å². The fourth-order valence-electron chi connectivity index (χ4n) is 3.17. The van der Waals surface area contributed by atoms with Crippen LogP contribution < -0.4 is 0 Å². The Morgan fingerprint density at radius 1 is 0.588 bits per heavy atom. The van der Waals surface area contributed by atoms with Crippen LogP contribution in [0.5, 0.6) is 0 Å². The molecule has 0 aliphatic rings. The van der Waals surface area contributed by atoms with E-state index in [1.54, 1.807) is 13.8 Å². The second-order valence-electron chi connectivity index (χ2n) is 9.25. The summed E-state index contributed by atoms with van der Waals surface area (Å²) in [6, 6.07) is 26.2. The van der Waals surface area contributed by atoms with E-state index in [0.717, 1.165) is 0 Å². The molecule has 0 amide bonds. The van der Waals surface area contributed by atoms with Crippen molar-refractivity contribution in [2.24, 2.45) is 0 Å². The van der Waals surface area contributed by atoms with Gasteiger partial charge in [0.2, 0.25) is 0 Å². The van der Waals surface area contributed by atoms with Crippen molar-refractivity contribution in [2.45, 2.75) is 66.2 Å². The van der Waals surface area contributed by atoms with Gasteiger partial charge in [0.1, 0.15) is 0 Å². The van der Waals surface area contributed by atoms with Crippen molar-refractivity contribution in [3.63, 3.8) is 0 Å². The normalized spacial score (nSPS) is 9.79. The van der Waals surface area contributed by atoms with Crippen LogP contribution in [0.25, 0.3) is 21.5 Å². The molecule has 0 aromatic heterocycles. The monoisotopic (exact) mass is 590 g/mol. The zero-order valence-electron chi connectivity index (χ0n) is 22.2. The SMILES string of the molecule is CC(C)(C)c1cc2ccccc2[cH-]1.CC(C)(C)c1cc2ccccc2[cH-]1.Cl.Cl.[CH2-]C.[CH2-]C.[Si]=[Zr]. The van der Waals surface area contributed by atoms with E-state index in [9.17, 15) is 0 Å². The molecule has 0 saturated heterocycles. The molecule has 4 aromatic carbocycles. The van der Waals surface area contributed by atoms with E-state index >= 15 is 0 Å². The number of benzene rings is 2. The maximum atomic E-state index is 3.25. The molecule has 34 heavy (non-hydrogen) atoms. The molecule has 0 atom stereocenters. The van der Waals surface area contributed by atoms with Crippen LogP contribution in [-0.4, -0.2) is 6.88 Å². The summed E-state index contributed by atoms with van der Waals surface area (Å²) in [4.78, 5) is 0. The summed E-state index contributed by atoms with van der Waals surface area (Å²) in [5.41, 5.74) is 3.38. The van der Waals surface area contributed by atoms with Gasteiger partial charge >= 0.3 is 30.2 Å². The zero-order chi connectivity index (χ0) is 24.9. The Morgan fingerprint density at radius 3 is 1.09 bits per heavy atom. The molecule has 0 spiro atoms. The summed E-state index contributed by atoms with van der Waals surface area (Å²) in [5.74, 6) is 0. The summed E-state index contributed by atoms with van der Waals surface area (Å²) in [5, 5.41) is 5.42. The fourth-order valence-corrected chi connectivity index (χ4v) is 3.17. The molecule has 4 rings (SSSR count). The number of halogens is 2. The molecule has 0 aliphatic carbocycles. The Kier molecular flexibility index (Phi) is 20.7. The molecule has 2 radical (unpaired) electrons. The maximum absolute atomic E-state index is 3.25. The van der Waals surface area contributed by atoms with Crippen molar-refractivity contribution in [3.05, 3.63) is 97.8 Å². The third-order valence-corrected chi connectivity index (χ3v) is 4.97. The van der Waals surface area contributed by atoms with Crippen molar-refractivity contribution >= 4 is 53.2 Å². The molecular weight excluding hydrogens is 551 g/mol. The van der Waals surface area contributed by atoms with Crippen LogP contribution in [-0.2, 0) is 34.2 Å². The van der Waals surface area contributed by atoms with E-state index in [1.165, 1.54) is 56.0 Å². The van der Waals surface area contributed by atoms with Crippen LogP contribution in [0.2, 0.25) is 0 Å². The van der Waals surface area contributed by atoms with Gasteiger partial charge in [-0.1, -0.05) is 53.7 Å². The van der Waals surface area contributed by atoms with Gasteiger partial charge in [0.15, 0.2) is 0 Å². The van der Waals surface area contributed by atoms with Crippen molar-refractivity contribution in [1.82, 2.24) is 0 Å². The van der Waals surface area contributed by atoms with Crippen LogP contribution in [0.4, 0.5) is 0 Å². The summed E-state index contributed by atoms with van der Waals surface area (Å²) in [6.45, 7) is 26.6. The van der Waals surface area contributed by atoms with Crippen LogP contribution in [0.1, 0.15) is 66.5 Å².